The van der Waals surface area contributed by atoms with E-state index in [1.165, 1.54) is 25.7 Å². The molecular formula is C13H22N4. The van der Waals surface area contributed by atoms with Gasteiger partial charge in [-0.05, 0) is 39.2 Å². The third-order valence-corrected chi connectivity index (χ3v) is 3.51. The Morgan fingerprint density at radius 2 is 2.06 bits per heavy atom. The van der Waals surface area contributed by atoms with Crippen LogP contribution in [0.3, 0.4) is 0 Å². The Balaban J connectivity index is 2.08. The number of aryl methyl sites for hydroxylation is 2. The summed E-state index contributed by atoms with van der Waals surface area (Å²) in [6, 6.07) is 2.48. The van der Waals surface area contributed by atoms with E-state index in [4.69, 9.17) is 5.73 Å². The van der Waals surface area contributed by atoms with Gasteiger partial charge in [0.15, 0.2) is 0 Å². The number of rotatable bonds is 3. The predicted octanol–water partition coefficient (Wildman–Crippen LogP) is 2.02. The Morgan fingerprint density at radius 1 is 1.29 bits per heavy atom. The van der Waals surface area contributed by atoms with Crippen molar-refractivity contribution in [2.75, 3.05) is 11.9 Å². The first-order valence-corrected chi connectivity index (χ1v) is 6.48. The van der Waals surface area contributed by atoms with Crippen molar-refractivity contribution in [2.45, 2.75) is 45.6 Å². The average molecular weight is 234 g/mol. The molecule has 0 radical (unpaired) electrons. The molecule has 1 aliphatic rings. The fraction of sp³-hybridized carbons (Fsp3) is 0.692. The summed E-state index contributed by atoms with van der Waals surface area (Å²) in [6.45, 7) is 4.70. The minimum atomic E-state index is 0.474. The van der Waals surface area contributed by atoms with E-state index >= 15 is 0 Å². The second-order valence-electron chi connectivity index (χ2n) is 4.97. The van der Waals surface area contributed by atoms with Gasteiger partial charge in [0, 0.05) is 17.8 Å². The van der Waals surface area contributed by atoms with Crippen molar-refractivity contribution >= 4 is 5.82 Å². The fourth-order valence-corrected chi connectivity index (χ4v) is 2.66. The maximum absolute atomic E-state index is 5.83. The Bertz CT molecular complexity index is 357. The Kier molecular flexibility index (Phi) is 3.94. The molecule has 1 saturated carbocycles. The number of hydrogen-bond acceptors (Lipinski definition) is 4. The summed E-state index contributed by atoms with van der Waals surface area (Å²) in [4.78, 5) is 8.72. The van der Waals surface area contributed by atoms with Crippen LogP contribution < -0.4 is 11.1 Å². The number of nitrogens with zero attached hydrogens (tertiary/aromatic N) is 2. The van der Waals surface area contributed by atoms with Crippen LogP contribution in [0.15, 0.2) is 6.07 Å². The van der Waals surface area contributed by atoms with Crippen LogP contribution in [0.2, 0.25) is 0 Å². The molecule has 0 spiro atoms. The molecule has 0 amide bonds. The Morgan fingerprint density at radius 3 is 2.76 bits per heavy atom. The number of nitrogens with two attached hydrogens (primary N) is 1. The van der Waals surface area contributed by atoms with E-state index in [9.17, 15) is 0 Å². The quantitative estimate of drug-likeness (QED) is 0.840. The molecule has 1 fully saturated rings. The van der Waals surface area contributed by atoms with Crippen LogP contribution in [0.4, 0.5) is 5.82 Å². The van der Waals surface area contributed by atoms with E-state index in [1.807, 2.05) is 19.9 Å². The van der Waals surface area contributed by atoms with E-state index in [1.54, 1.807) is 0 Å². The molecule has 3 N–H and O–H groups in total. The van der Waals surface area contributed by atoms with Crippen LogP contribution >= 0.6 is 0 Å². The first kappa shape index (κ1) is 12.3. The molecule has 2 rings (SSSR count). The third-order valence-electron chi connectivity index (χ3n) is 3.51. The van der Waals surface area contributed by atoms with E-state index in [0.717, 1.165) is 23.9 Å². The lowest BCUT2D eigenvalue weighted by molar-refractivity contribution is 0.332. The van der Waals surface area contributed by atoms with Gasteiger partial charge in [-0.1, -0.05) is 12.8 Å². The van der Waals surface area contributed by atoms with Gasteiger partial charge < -0.3 is 11.1 Å². The highest BCUT2D eigenvalue weighted by atomic mass is 15.1. The molecule has 1 aromatic heterocycles. The summed E-state index contributed by atoms with van der Waals surface area (Å²) in [5.41, 5.74) is 6.85. The standard InChI is InChI=1S/C13H22N4/c1-9-7-13(16-10(2)15-9)17-12-6-4-3-5-11(12)8-14/h7,11-12H,3-6,8,14H2,1-2H3,(H,15,16,17). The zero-order chi connectivity index (χ0) is 12.3. The van der Waals surface area contributed by atoms with Gasteiger partial charge in [0.25, 0.3) is 0 Å². The van der Waals surface area contributed by atoms with Gasteiger partial charge in [0.1, 0.15) is 11.6 Å². The highest BCUT2D eigenvalue weighted by molar-refractivity contribution is 5.37. The molecule has 0 aliphatic heterocycles. The van der Waals surface area contributed by atoms with Gasteiger partial charge >= 0.3 is 0 Å². The summed E-state index contributed by atoms with van der Waals surface area (Å²) in [6.07, 6.45) is 5.03. The molecule has 1 heterocycles. The van der Waals surface area contributed by atoms with Crippen LogP contribution in [-0.2, 0) is 0 Å². The fourth-order valence-electron chi connectivity index (χ4n) is 2.66. The largest absolute Gasteiger partial charge is 0.367 e. The van der Waals surface area contributed by atoms with Crippen molar-refractivity contribution in [1.82, 2.24) is 9.97 Å². The second kappa shape index (κ2) is 5.45. The molecule has 0 saturated heterocycles. The summed E-state index contributed by atoms with van der Waals surface area (Å²) in [5, 5.41) is 3.53. The summed E-state index contributed by atoms with van der Waals surface area (Å²) in [5.74, 6) is 2.35. The second-order valence-corrected chi connectivity index (χ2v) is 4.97. The van der Waals surface area contributed by atoms with E-state index < -0.39 is 0 Å². The van der Waals surface area contributed by atoms with Crippen molar-refractivity contribution in [1.29, 1.82) is 0 Å². The van der Waals surface area contributed by atoms with Gasteiger partial charge in [-0.25, -0.2) is 9.97 Å². The zero-order valence-electron chi connectivity index (χ0n) is 10.7. The first-order valence-electron chi connectivity index (χ1n) is 6.48. The van der Waals surface area contributed by atoms with Gasteiger partial charge in [0.2, 0.25) is 0 Å². The number of aromatic nitrogens is 2. The molecule has 1 aromatic rings. The summed E-state index contributed by atoms with van der Waals surface area (Å²) < 4.78 is 0. The minimum absolute atomic E-state index is 0.474. The maximum Gasteiger partial charge on any atom is 0.130 e. The number of anilines is 1. The van der Waals surface area contributed by atoms with Crippen molar-refractivity contribution in [2.24, 2.45) is 11.7 Å². The Hall–Kier alpha value is -1.16. The highest BCUT2D eigenvalue weighted by Crippen LogP contribution is 2.26. The van der Waals surface area contributed by atoms with Gasteiger partial charge in [-0.2, -0.15) is 0 Å². The number of nitrogens with one attached hydrogen (secondary N) is 1. The van der Waals surface area contributed by atoms with Crippen LogP contribution in [0, 0.1) is 19.8 Å². The van der Waals surface area contributed by atoms with Crippen LogP contribution in [-0.4, -0.2) is 22.6 Å². The molecule has 4 nitrogen and oxygen atoms in total. The molecule has 2 unspecified atom stereocenters. The average Bonchev–Trinajstić information content (AvgIpc) is 2.28. The molecule has 0 aromatic carbocycles. The highest BCUT2D eigenvalue weighted by Gasteiger charge is 2.24. The molecule has 0 bridgehead atoms. The SMILES string of the molecule is Cc1cc(NC2CCCCC2CN)nc(C)n1. The molecule has 2 atom stereocenters. The van der Waals surface area contributed by atoms with E-state index in [-0.39, 0.29) is 0 Å². The van der Waals surface area contributed by atoms with Crippen LogP contribution in [0.1, 0.15) is 37.2 Å². The smallest absolute Gasteiger partial charge is 0.130 e. The van der Waals surface area contributed by atoms with Crippen LogP contribution in [0.25, 0.3) is 0 Å². The minimum Gasteiger partial charge on any atom is -0.367 e. The normalized spacial score (nSPS) is 24.6. The lowest BCUT2D eigenvalue weighted by Gasteiger charge is -2.31. The van der Waals surface area contributed by atoms with Crippen LogP contribution in [0.5, 0.6) is 0 Å². The van der Waals surface area contributed by atoms with Gasteiger partial charge in [0.05, 0.1) is 0 Å². The zero-order valence-corrected chi connectivity index (χ0v) is 10.7. The predicted molar refractivity (Wildman–Crippen MR) is 69.9 cm³/mol. The lowest BCUT2D eigenvalue weighted by Crippen LogP contribution is -2.37. The van der Waals surface area contributed by atoms with E-state index in [0.29, 0.717) is 12.0 Å². The van der Waals surface area contributed by atoms with Gasteiger partial charge in [-0.15, -0.1) is 0 Å². The monoisotopic (exact) mass is 234 g/mol. The van der Waals surface area contributed by atoms with Crippen molar-refractivity contribution in [3.05, 3.63) is 17.6 Å². The van der Waals surface area contributed by atoms with Crippen molar-refractivity contribution in [3.63, 3.8) is 0 Å². The molecule has 17 heavy (non-hydrogen) atoms. The summed E-state index contributed by atoms with van der Waals surface area (Å²) >= 11 is 0. The first-order chi connectivity index (χ1) is 8.19. The molecule has 1 aliphatic carbocycles. The van der Waals surface area contributed by atoms with Crippen molar-refractivity contribution in [3.8, 4) is 0 Å². The maximum atomic E-state index is 5.83. The summed E-state index contributed by atoms with van der Waals surface area (Å²) in [7, 11) is 0. The third kappa shape index (κ3) is 3.16. The van der Waals surface area contributed by atoms with Gasteiger partial charge in [-0.3, -0.25) is 0 Å². The molecular weight excluding hydrogens is 212 g/mol. The lowest BCUT2D eigenvalue weighted by atomic mass is 9.84. The molecule has 94 valence electrons. The number of hydrogen-bond donors (Lipinski definition) is 2. The molecule has 4 heteroatoms. The van der Waals surface area contributed by atoms with E-state index in [2.05, 4.69) is 15.3 Å². The van der Waals surface area contributed by atoms with Crippen molar-refractivity contribution < 1.29 is 0 Å². The topological polar surface area (TPSA) is 63.8 Å². The Labute approximate surface area is 103 Å².